The fourth-order valence-corrected chi connectivity index (χ4v) is 2.04. The molecule has 2 N–H and O–H groups in total. The summed E-state index contributed by atoms with van der Waals surface area (Å²) >= 11 is 8.34. The second-order valence-electron chi connectivity index (χ2n) is 3.63. The third kappa shape index (κ3) is 2.83. The number of thiocarbonyl (C=S) groups is 1. The number of hydrogen-bond acceptors (Lipinski definition) is 4. The maximum absolute atomic E-state index is 5.69. The van der Waals surface area contributed by atoms with Crippen LogP contribution >= 0.6 is 28.1 Å². The van der Waals surface area contributed by atoms with E-state index in [0.717, 1.165) is 10.0 Å². The summed E-state index contributed by atoms with van der Waals surface area (Å²) in [5, 5.41) is 7.68. The lowest BCUT2D eigenvalue weighted by molar-refractivity contribution is 0.451. The third-order valence-corrected chi connectivity index (χ3v) is 3.01. The van der Waals surface area contributed by atoms with Crippen molar-refractivity contribution in [3.8, 4) is 11.6 Å². The molecule has 0 spiro atoms. The maximum atomic E-state index is 5.69. The summed E-state index contributed by atoms with van der Waals surface area (Å²) < 4.78 is 6.68. The predicted octanol–water partition coefficient (Wildman–Crippen LogP) is 2.97. The normalized spacial score (nSPS) is 10.1. The van der Waals surface area contributed by atoms with Crippen molar-refractivity contribution >= 4 is 33.1 Å². The average Bonchev–Trinajstić information content (AvgIpc) is 2.33. The molecule has 6 heteroatoms. The standard InChI is InChI=1S/C12H10BrN3OS/c1-7-6-8(13)2-3-10(7)17-12-9(11(14)18)4-5-15-16-12/h2-6H,1H3,(H2,14,18). The third-order valence-electron chi connectivity index (χ3n) is 2.30. The van der Waals surface area contributed by atoms with Crippen molar-refractivity contribution in [3.63, 3.8) is 0 Å². The van der Waals surface area contributed by atoms with Crippen LogP contribution in [0.2, 0.25) is 0 Å². The molecule has 0 bridgehead atoms. The fourth-order valence-electron chi connectivity index (χ4n) is 1.41. The van der Waals surface area contributed by atoms with Crippen LogP contribution in [0.1, 0.15) is 11.1 Å². The van der Waals surface area contributed by atoms with Crippen LogP contribution in [0.3, 0.4) is 0 Å². The van der Waals surface area contributed by atoms with Crippen LogP contribution in [0.25, 0.3) is 0 Å². The Hall–Kier alpha value is -1.53. The Morgan fingerprint density at radius 2 is 2.17 bits per heavy atom. The second-order valence-corrected chi connectivity index (χ2v) is 4.98. The van der Waals surface area contributed by atoms with Gasteiger partial charge in [0.2, 0.25) is 5.88 Å². The van der Waals surface area contributed by atoms with Crippen LogP contribution in [0.4, 0.5) is 0 Å². The molecule has 18 heavy (non-hydrogen) atoms. The molecule has 1 heterocycles. The fraction of sp³-hybridized carbons (Fsp3) is 0.0833. The smallest absolute Gasteiger partial charge is 0.249 e. The van der Waals surface area contributed by atoms with Crippen molar-refractivity contribution in [2.45, 2.75) is 6.92 Å². The Kier molecular flexibility index (Phi) is 3.88. The van der Waals surface area contributed by atoms with Gasteiger partial charge in [0, 0.05) is 4.47 Å². The Labute approximate surface area is 118 Å². The molecule has 0 unspecified atom stereocenters. The molecule has 0 aliphatic heterocycles. The number of aryl methyl sites for hydroxylation is 1. The lowest BCUT2D eigenvalue weighted by Crippen LogP contribution is -2.12. The van der Waals surface area contributed by atoms with E-state index in [1.54, 1.807) is 6.07 Å². The van der Waals surface area contributed by atoms with Crippen molar-refractivity contribution in [3.05, 3.63) is 46.1 Å². The molecule has 0 amide bonds. The molecule has 0 radical (unpaired) electrons. The van der Waals surface area contributed by atoms with Crippen LogP contribution in [0.5, 0.6) is 11.6 Å². The Bertz CT molecular complexity index is 604. The Balaban J connectivity index is 2.37. The lowest BCUT2D eigenvalue weighted by Gasteiger charge is -2.10. The van der Waals surface area contributed by atoms with Crippen molar-refractivity contribution in [2.75, 3.05) is 0 Å². The number of nitrogens with two attached hydrogens (primary N) is 1. The molecule has 1 aromatic heterocycles. The van der Waals surface area contributed by atoms with Crippen LogP contribution < -0.4 is 10.5 Å². The van der Waals surface area contributed by atoms with E-state index in [9.17, 15) is 0 Å². The van der Waals surface area contributed by atoms with Gasteiger partial charge in [-0.1, -0.05) is 28.1 Å². The first kappa shape index (κ1) is 12.9. The molecule has 2 aromatic rings. The Morgan fingerprint density at radius 1 is 1.39 bits per heavy atom. The molecule has 1 aromatic carbocycles. The molecule has 0 aliphatic carbocycles. The molecule has 0 saturated carbocycles. The minimum absolute atomic E-state index is 0.231. The summed E-state index contributed by atoms with van der Waals surface area (Å²) in [4.78, 5) is 0.231. The Morgan fingerprint density at radius 3 is 2.83 bits per heavy atom. The molecule has 0 fully saturated rings. The first-order valence-electron chi connectivity index (χ1n) is 5.13. The molecule has 2 rings (SSSR count). The number of benzene rings is 1. The van der Waals surface area contributed by atoms with Gasteiger partial charge in [-0.15, -0.1) is 5.10 Å². The highest BCUT2D eigenvalue weighted by molar-refractivity contribution is 9.10. The van der Waals surface area contributed by atoms with E-state index in [1.165, 1.54) is 6.20 Å². The summed E-state index contributed by atoms with van der Waals surface area (Å²) in [6.07, 6.45) is 1.52. The number of nitrogens with zero attached hydrogens (tertiary/aromatic N) is 2. The van der Waals surface area contributed by atoms with Gasteiger partial charge in [0.05, 0.1) is 11.8 Å². The van der Waals surface area contributed by atoms with E-state index >= 15 is 0 Å². The van der Waals surface area contributed by atoms with Gasteiger partial charge in [0.25, 0.3) is 0 Å². The largest absolute Gasteiger partial charge is 0.437 e. The van der Waals surface area contributed by atoms with E-state index < -0.39 is 0 Å². The van der Waals surface area contributed by atoms with Gasteiger partial charge in [-0.2, -0.15) is 5.10 Å². The maximum Gasteiger partial charge on any atom is 0.249 e. The van der Waals surface area contributed by atoms with Gasteiger partial charge in [0.15, 0.2) is 0 Å². The van der Waals surface area contributed by atoms with Crippen molar-refractivity contribution in [2.24, 2.45) is 5.73 Å². The topological polar surface area (TPSA) is 61.0 Å². The second kappa shape index (κ2) is 5.41. The molecular formula is C12H10BrN3OS. The molecule has 92 valence electrons. The number of aromatic nitrogens is 2. The highest BCUT2D eigenvalue weighted by atomic mass is 79.9. The molecule has 0 saturated heterocycles. The van der Waals surface area contributed by atoms with Crippen LogP contribution in [-0.2, 0) is 0 Å². The van der Waals surface area contributed by atoms with Crippen LogP contribution in [0, 0.1) is 6.92 Å². The van der Waals surface area contributed by atoms with E-state index in [4.69, 9.17) is 22.7 Å². The van der Waals surface area contributed by atoms with Gasteiger partial charge >= 0.3 is 0 Å². The predicted molar refractivity (Wildman–Crippen MR) is 76.9 cm³/mol. The van der Waals surface area contributed by atoms with Gasteiger partial charge in [-0.05, 0) is 36.8 Å². The van der Waals surface area contributed by atoms with E-state index in [0.29, 0.717) is 17.2 Å². The number of ether oxygens (including phenoxy) is 1. The van der Waals surface area contributed by atoms with E-state index in [-0.39, 0.29) is 4.99 Å². The monoisotopic (exact) mass is 323 g/mol. The van der Waals surface area contributed by atoms with Gasteiger partial charge in [-0.25, -0.2) is 0 Å². The SMILES string of the molecule is Cc1cc(Br)ccc1Oc1nnccc1C(N)=S. The summed E-state index contributed by atoms with van der Waals surface area (Å²) in [6, 6.07) is 7.36. The van der Waals surface area contributed by atoms with Crippen molar-refractivity contribution in [1.82, 2.24) is 10.2 Å². The molecule has 4 nitrogen and oxygen atoms in total. The van der Waals surface area contributed by atoms with Gasteiger partial charge < -0.3 is 10.5 Å². The highest BCUT2D eigenvalue weighted by Gasteiger charge is 2.10. The minimum Gasteiger partial charge on any atom is -0.437 e. The molecule has 0 aliphatic rings. The van der Waals surface area contributed by atoms with Crippen molar-refractivity contribution in [1.29, 1.82) is 0 Å². The summed E-state index contributed by atoms with van der Waals surface area (Å²) in [5.41, 5.74) is 7.15. The van der Waals surface area contributed by atoms with Gasteiger partial charge in [-0.3, -0.25) is 0 Å². The van der Waals surface area contributed by atoms with Crippen LogP contribution in [0.15, 0.2) is 34.9 Å². The van der Waals surface area contributed by atoms with E-state index in [2.05, 4.69) is 26.1 Å². The zero-order valence-corrected chi connectivity index (χ0v) is 12.0. The zero-order valence-electron chi connectivity index (χ0n) is 9.55. The van der Waals surface area contributed by atoms with Crippen molar-refractivity contribution < 1.29 is 4.74 Å². The summed E-state index contributed by atoms with van der Waals surface area (Å²) in [5.74, 6) is 1.01. The first-order valence-corrected chi connectivity index (χ1v) is 6.33. The van der Waals surface area contributed by atoms with E-state index in [1.807, 2.05) is 25.1 Å². The highest BCUT2D eigenvalue weighted by Crippen LogP contribution is 2.27. The zero-order chi connectivity index (χ0) is 13.1. The summed E-state index contributed by atoms with van der Waals surface area (Å²) in [7, 11) is 0. The molecule has 0 atom stereocenters. The lowest BCUT2D eigenvalue weighted by atomic mass is 10.2. The van der Waals surface area contributed by atoms with Crippen LogP contribution in [-0.4, -0.2) is 15.2 Å². The minimum atomic E-state index is 0.231. The quantitative estimate of drug-likeness (QED) is 0.880. The first-order chi connectivity index (χ1) is 8.58. The molecular weight excluding hydrogens is 314 g/mol. The van der Waals surface area contributed by atoms with Gasteiger partial charge in [0.1, 0.15) is 10.7 Å². The number of rotatable bonds is 3. The average molecular weight is 324 g/mol. The number of hydrogen-bond donors (Lipinski definition) is 1. The number of halogens is 1. The summed E-state index contributed by atoms with van der Waals surface area (Å²) in [6.45, 7) is 1.94.